The molecule has 1 fully saturated rings. The average molecular weight is 290 g/mol. The first-order chi connectivity index (χ1) is 10.9. The van der Waals surface area contributed by atoms with E-state index in [9.17, 15) is 0 Å². The van der Waals surface area contributed by atoms with E-state index in [0.717, 1.165) is 6.54 Å². The molecule has 1 saturated heterocycles. The van der Waals surface area contributed by atoms with Crippen molar-refractivity contribution < 1.29 is 0 Å². The van der Waals surface area contributed by atoms with Gasteiger partial charge in [-0.15, -0.1) is 5.73 Å². The van der Waals surface area contributed by atoms with Crippen LogP contribution in [0.1, 0.15) is 37.1 Å². The van der Waals surface area contributed by atoms with Crippen molar-refractivity contribution in [3.05, 3.63) is 52.9 Å². The molecule has 0 aliphatic carbocycles. The Hall–Kier alpha value is -1.76. The highest BCUT2D eigenvalue weighted by Crippen LogP contribution is 2.49. The summed E-state index contributed by atoms with van der Waals surface area (Å²) >= 11 is 0. The van der Waals surface area contributed by atoms with Gasteiger partial charge in [0.05, 0.1) is 12.6 Å². The SMILES string of the molecule is CC=C=C1Cn2c3c(c4ccccc42)CCN2CCCC1C32. The molecule has 0 bridgehead atoms. The number of hydrogen-bond donors (Lipinski definition) is 0. The van der Waals surface area contributed by atoms with Gasteiger partial charge in [0, 0.05) is 29.1 Å². The number of para-hydroxylation sites is 1. The Labute approximate surface area is 131 Å². The molecule has 22 heavy (non-hydrogen) atoms. The highest BCUT2D eigenvalue weighted by atomic mass is 15.2. The molecular formula is C20H22N2. The van der Waals surface area contributed by atoms with Crippen LogP contribution in [-0.2, 0) is 13.0 Å². The van der Waals surface area contributed by atoms with Crippen molar-refractivity contribution in [2.24, 2.45) is 5.92 Å². The number of benzene rings is 1. The molecule has 112 valence electrons. The topological polar surface area (TPSA) is 8.17 Å². The summed E-state index contributed by atoms with van der Waals surface area (Å²) in [6.07, 6.45) is 5.99. The summed E-state index contributed by atoms with van der Waals surface area (Å²) in [6.45, 7) is 5.63. The molecule has 3 aliphatic heterocycles. The molecule has 5 rings (SSSR count). The minimum Gasteiger partial charge on any atom is -0.338 e. The smallest absolute Gasteiger partial charge is 0.0576 e. The standard InChI is InChI=1S/C20H22N2/c1-2-6-14-13-22-18-9-4-3-7-16(18)17-10-12-21-11-5-8-15(14)19(21)20(17)22/h2-4,7,9,15,19H,5,8,10-13H2,1H3. The highest BCUT2D eigenvalue weighted by Gasteiger charge is 2.43. The van der Waals surface area contributed by atoms with Gasteiger partial charge in [0.1, 0.15) is 0 Å². The second-order valence-electron chi connectivity index (χ2n) is 6.90. The van der Waals surface area contributed by atoms with Crippen molar-refractivity contribution >= 4 is 10.9 Å². The van der Waals surface area contributed by atoms with E-state index in [0.29, 0.717) is 12.0 Å². The van der Waals surface area contributed by atoms with E-state index >= 15 is 0 Å². The second-order valence-corrected chi connectivity index (χ2v) is 6.90. The van der Waals surface area contributed by atoms with E-state index in [1.54, 1.807) is 11.3 Å². The van der Waals surface area contributed by atoms with Crippen LogP contribution in [0, 0.1) is 5.92 Å². The predicted octanol–water partition coefficient (Wildman–Crippen LogP) is 4.07. The van der Waals surface area contributed by atoms with Crippen LogP contribution in [0.25, 0.3) is 10.9 Å². The predicted molar refractivity (Wildman–Crippen MR) is 90.0 cm³/mol. The Morgan fingerprint density at radius 2 is 2.14 bits per heavy atom. The summed E-state index contributed by atoms with van der Waals surface area (Å²) in [5.41, 5.74) is 9.78. The van der Waals surface area contributed by atoms with Gasteiger partial charge < -0.3 is 4.57 Å². The molecule has 2 aromatic rings. The van der Waals surface area contributed by atoms with Crippen LogP contribution in [-0.4, -0.2) is 22.6 Å². The van der Waals surface area contributed by atoms with Crippen molar-refractivity contribution in [3.8, 4) is 0 Å². The molecule has 0 spiro atoms. The number of hydrogen-bond acceptors (Lipinski definition) is 1. The molecule has 1 aromatic heterocycles. The van der Waals surface area contributed by atoms with E-state index in [-0.39, 0.29) is 0 Å². The molecule has 1 aromatic carbocycles. The number of aromatic nitrogens is 1. The first-order valence-electron chi connectivity index (χ1n) is 8.62. The molecule has 0 amide bonds. The first-order valence-corrected chi connectivity index (χ1v) is 8.62. The fourth-order valence-corrected chi connectivity index (χ4v) is 5.09. The molecule has 2 nitrogen and oxygen atoms in total. The fraction of sp³-hybridized carbons (Fsp3) is 0.450. The van der Waals surface area contributed by atoms with E-state index in [1.165, 1.54) is 48.8 Å². The van der Waals surface area contributed by atoms with Crippen LogP contribution in [0.2, 0.25) is 0 Å². The summed E-state index contributed by atoms with van der Waals surface area (Å²) < 4.78 is 2.59. The van der Waals surface area contributed by atoms with E-state index < -0.39 is 0 Å². The van der Waals surface area contributed by atoms with E-state index in [2.05, 4.69) is 52.5 Å². The van der Waals surface area contributed by atoms with Gasteiger partial charge in [-0.25, -0.2) is 0 Å². The largest absolute Gasteiger partial charge is 0.338 e. The maximum absolute atomic E-state index is 3.59. The van der Waals surface area contributed by atoms with Gasteiger partial charge in [-0.2, -0.15) is 0 Å². The van der Waals surface area contributed by atoms with Crippen LogP contribution in [0.5, 0.6) is 0 Å². The van der Waals surface area contributed by atoms with Gasteiger partial charge in [0.2, 0.25) is 0 Å². The van der Waals surface area contributed by atoms with Crippen molar-refractivity contribution in [1.29, 1.82) is 0 Å². The molecule has 2 heteroatoms. The highest BCUT2D eigenvalue weighted by molar-refractivity contribution is 5.86. The zero-order valence-corrected chi connectivity index (χ0v) is 13.2. The average Bonchev–Trinajstić information content (AvgIpc) is 2.89. The van der Waals surface area contributed by atoms with Crippen LogP contribution in [0.15, 0.2) is 41.6 Å². The van der Waals surface area contributed by atoms with Crippen molar-refractivity contribution in [2.45, 2.75) is 38.8 Å². The monoisotopic (exact) mass is 290 g/mol. The third-order valence-corrected chi connectivity index (χ3v) is 5.89. The lowest BCUT2D eigenvalue weighted by atomic mass is 9.76. The molecule has 0 N–H and O–H groups in total. The molecular weight excluding hydrogens is 268 g/mol. The number of nitrogens with zero attached hydrogens (tertiary/aromatic N) is 2. The van der Waals surface area contributed by atoms with Crippen LogP contribution in [0.4, 0.5) is 0 Å². The van der Waals surface area contributed by atoms with Gasteiger partial charge in [0.25, 0.3) is 0 Å². The third-order valence-electron chi connectivity index (χ3n) is 5.89. The quantitative estimate of drug-likeness (QED) is 0.664. The first kappa shape index (κ1) is 12.8. The lowest BCUT2D eigenvalue weighted by Crippen LogP contribution is -2.47. The number of fused-ring (bicyclic) bond motifs is 3. The lowest BCUT2D eigenvalue weighted by Gasteiger charge is -2.48. The Morgan fingerprint density at radius 1 is 1.23 bits per heavy atom. The van der Waals surface area contributed by atoms with E-state index in [4.69, 9.17) is 0 Å². The Balaban J connectivity index is 1.85. The molecule has 2 unspecified atom stereocenters. The summed E-state index contributed by atoms with van der Waals surface area (Å²) in [5.74, 6) is 0.681. The van der Waals surface area contributed by atoms with Crippen LogP contribution < -0.4 is 0 Å². The Kier molecular flexibility index (Phi) is 2.68. The fourth-order valence-electron chi connectivity index (χ4n) is 5.09. The lowest BCUT2D eigenvalue weighted by molar-refractivity contribution is 0.0829. The summed E-state index contributed by atoms with van der Waals surface area (Å²) in [5, 5.41) is 1.49. The Bertz CT molecular complexity index is 820. The van der Waals surface area contributed by atoms with Gasteiger partial charge in [-0.1, -0.05) is 18.2 Å². The van der Waals surface area contributed by atoms with E-state index in [1.807, 2.05) is 0 Å². The minimum atomic E-state index is 0.598. The van der Waals surface area contributed by atoms with Gasteiger partial charge in [-0.05, 0) is 56.0 Å². The van der Waals surface area contributed by atoms with Gasteiger partial charge in [0.15, 0.2) is 0 Å². The summed E-state index contributed by atoms with van der Waals surface area (Å²) in [7, 11) is 0. The zero-order valence-electron chi connectivity index (χ0n) is 13.2. The van der Waals surface area contributed by atoms with Crippen molar-refractivity contribution in [2.75, 3.05) is 13.1 Å². The zero-order chi connectivity index (χ0) is 14.7. The van der Waals surface area contributed by atoms with Gasteiger partial charge >= 0.3 is 0 Å². The number of rotatable bonds is 0. The minimum absolute atomic E-state index is 0.598. The van der Waals surface area contributed by atoms with Crippen LogP contribution >= 0.6 is 0 Å². The Morgan fingerprint density at radius 3 is 3.05 bits per heavy atom. The van der Waals surface area contributed by atoms with Gasteiger partial charge in [-0.3, -0.25) is 4.90 Å². The second kappa shape index (κ2) is 4.62. The number of piperidine rings is 1. The molecule has 4 heterocycles. The maximum atomic E-state index is 3.59. The van der Waals surface area contributed by atoms with Crippen molar-refractivity contribution in [1.82, 2.24) is 9.47 Å². The summed E-state index contributed by atoms with van der Waals surface area (Å²) in [6, 6.07) is 9.59. The molecule has 0 radical (unpaired) electrons. The third kappa shape index (κ3) is 1.54. The molecule has 0 saturated carbocycles. The normalized spacial score (nSPS) is 26.7. The summed E-state index contributed by atoms with van der Waals surface area (Å²) in [4.78, 5) is 2.74. The van der Waals surface area contributed by atoms with Crippen molar-refractivity contribution in [3.63, 3.8) is 0 Å². The maximum Gasteiger partial charge on any atom is 0.0576 e. The van der Waals surface area contributed by atoms with Crippen LogP contribution in [0.3, 0.4) is 0 Å². The molecule has 2 atom stereocenters. The molecule has 3 aliphatic rings.